The van der Waals surface area contributed by atoms with E-state index >= 15 is 0 Å². The molecule has 4 aromatic rings. The average molecular weight is 302 g/mol. The first-order valence-electron chi connectivity index (χ1n) is 6.18. The van der Waals surface area contributed by atoms with Crippen LogP contribution >= 0.6 is 11.8 Å². The molecule has 0 atom stereocenters. The fourth-order valence-electron chi connectivity index (χ4n) is 2.40. The van der Waals surface area contributed by atoms with Crippen LogP contribution in [0.15, 0.2) is 29.4 Å². The van der Waals surface area contributed by atoms with Crippen molar-refractivity contribution in [3.05, 3.63) is 24.3 Å². The van der Waals surface area contributed by atoms with E-state index in [9.17, 15) is 4.79 Å². The van der Waals surface area contributed by atoms with Gasteiger partial charge >= 0.3 is 5.97 Å². The van der Waals surface area contributed by atoms with E-state index in [1.165, 1.54) is 0 Å². The summed E-state index contributed by atoms with van der Waals surface area (Å²) < 4.78 is 5.46. The third-order valence-electron chi connectivity index (χ3n) is 3.29. The number of aliphatic carboxylic acids is 1. The Kier molecular flexibility index (Phi) is 2.45. The van der Waals surface area contributed by atoms with E-state index in [2.05, 4.69) is 15.3 Å². The lowest BCUT2D eigenvalue weighted by molar-refractivity contribution is -0.133. The summed E-state index contributed by atoms with van der Waals surface area (Å²) in [4.78, 5) is 10.7. The summed E-state index contributed by atoms with van der Waals surface area (Å²) in [5, 5.41) is 21.9. The third kappa shape index (κ3) is 1.64. The maximum Gasteiger partial charge on any atom is 0.313 e. The van der Waals surface area contributed by atoms with Crippen LogP contribution in [0.5, 0.6) is 0 Å². The van der Waals surface area contributed by atoms with E-state index in [4.69, 9.17) is 5.11 Å². The summed E-state index contributed by atoms with van der Waals surface area (Å²) in [6.07, 6.45) is 0. The van der Waals surface area contributed by atoms with Gasteiger partial charge in [-0.1, -0.05) is 23.9 Å². The lowest BCUT2D eigenvalue weighted by Gasteiger charge is -1.94. The number of thioether (sulfide) groups is 1. The molecule has 0 spiro atoms. The molecule has 0 saturated carbocycles. The van der Waals surface area contributed by atoms with Crippen LogP contribution in [0.25, 0.3) is 22.6 Å². The van der Waals surface area contributed by atoms with Gasteiger partial charge in [0.05, 0.1) is 16.8 Å². The molecule has 106 valence electrons. The molecule has 21 heavy (non-hydrogen) atoms. The molecule has 9 heteroatoms. The number of fused-ring (bicyclic) bond motifs is 5. The van der Waals surface area contributed by atoms with Crippen molar-refractivity contribution in [2.24, 2.45) is 7.05 Å². The summed E-state index contributed by atoms with van der Waals surface area (Å²) in [5.74, 6) is 0.342. The molecule has 0 aliphatic carbocycles. The van der Waals surface area contributed by atoms with Crippen molar-refractivity contribution < 1.29 is 9.90 Å². The van der Waals surface area contributed by atoms with Crippen LogP contribution in [0.4, 0.5) is 0 Å². The minimum absolute atomic E-state index is 0.0740. The number of carbonyl (C=O) groups is 1. The van der Waals surface area contributed by atoms with Crippen molar-refractivity contribution in [1.82, 2.24) is 28.8 Å². The molecular formula is C12H10N6O2S. The number of aromatic nitrogens is 6. The van der Waals surface area contributed by atoms with E-state index in [0.717, 1.165) is 28.6 Å². The zero-order valence-corrected chi connectivity index (χ0v) is 11.8. The van der Waals surface area contributed by atoms with Crippen molar-refractivity contribution in [2.75, 3.05) is 5.75 Å². The summed E-state index contributed by atoms with van der Waals surface area (Å²) in [6.45, 7) is 0. The fraction of sp³-hybridized carbons (Fsp3) is 0.167. The number of rotatable bonds is 3. The minimum atomic E-state index is -0.897. The Morgan fingerprint density at radius 1 is 1.24 bits per heavy atom. The minimum Gasteiger partial charge on any atom is -0.481 e. The van der Waals surface area contributed by atoms with E-state index in [1.807, 2.05) is 40.3 Å². The molecule has 0 amide bonds. The van der Waals surface area contributed by atoms with E-state index in [1.54, 1.807) is 4.52 Å². The Morgan fingerprint density at radius 3 is 2.76 bits per heavy atom. The third-order valence-corrected chi connectivity index (χ3v) is 4.20. The predicted molar refractivity (Wildman–Crippen MR) is 76.6 cm³/mol. The topological polar surface area (TPSA) is 89.7 Å². The van der Waals surface area contributed by atoms with Crippen molar-refractivity contribution in [3.8, 4) is 0 Å². The Morgan fingerprint density at radius 2 is 2.00 bits per heavy atom. The number of para-hydroxylation sites is 2. The highest BCUT2D eigenvalue weighted by molar-refractivity contribution is 7.99. The molecule has 8 nitrogen and oxygen atoms in total. The molecule has 0 aliphatic heterocycles. The second-order valence-corrected chi connectivity index (χ2v) is 5.50. The van der Waals surface area contributed by atoms with E-state index in [0.29, 0.717) is 10.9 Å². The lowest BCUT2D eigenvalue weighted by Crippen LogP contribution is -1.99. The molecule has 0 saturated heterocycles. The molecule has 0 bridgehead atoms. The Hall–Kier alpha value is -2.55. The zero-order valence-electron chi connectivity index (χ0n) is 11.0. The molecule has 0 unspecified atom stereocenters. The quantitative estimate of drug-likeness (QED) is 0.569. The Bertz CT molecular complexity index is 998. The molecule has 0 aliphatic rings. The SMILES string of the molecule is Cn1c2ccccc2n2c1nn1c(SCC(=O)O)nnc12. The van der Waals surface area contributed by atoms with E-state index in [-0.39, 0.29) is 5.75 Å². The average Bonchev–Trinajstić information content (AvgIpc) is 3.09. The van der Waals surface area contributed by atoms with Crippen molar-refractivity contribution in [3.63, 3.8) is 0 Å². The summed E-state index contributed by atoms with van der Waals surface area (Å²) in [6, 6.07) is 7.92. The Balaban J connectivity index is 2.00. The highest BCUT2D eigenvalue weighted by Gasteiger charge is 2.18. The van der Waals surface area contributed by atoms with Crippen LogP contribution in [-0.4, -0.2) is 45.6 Å². The molecule has 0 radical (unpaired) electrons. The fourth-order valence-corrected chi connectivity index (χ4v) is 3.00. The first-order valence-corrected chi connectivity index (χ1v) is 7.17. The monoisotopic (exact) mass is 302 g/mol. The van der Waals surface area contributed by atoms with Crippen LogP contribution in [0.2, 0.25) is 0 Å². The van der Waals surface area contributed by atoms with E-state index < -0.39 is 5.97 Å². The molecule has 1 N–H and O–H groups in total. The Labute approximate surface area is 122 Å². The highest BCUT2D eigenvalue weighted by Crippen LogP contribution is 2.23. The molecule has 4 rings (SSSR count). The van der Waals surface area contributed by atoms with Gasteiger partial charge in [0.15, 0.2) is 0 Å². The molecule has 0 fully saturated rings. The molecule has 3 heterocycles. The number of hydrogen-bond donors (Lipinski definition) is 1. The van der Waals surface area contributed by atoms with Crippen molar-refractivity contribution in [2.45, 2.75) is 5.16 Å². The van der Waals surface area contributed by atoms with Crippen LogP contribution in [-0.2, 0) is 11.8 Å². The van der Waals surface area contributed by atoms with Gasteiger partial charge in [-0.3, -0.25) is 4.79 Å². The summed E-state index contributed by atoms with van der Waals surface area (Å²) in [7, 11) is 1.93. The number of carboxylic acids is 1. The molecule has 3 aromatic heterocycles. The molecule has 1 aromatic carbocycles. The van der Waals surface area contributed by atoms with Crippen LogP contribution in [0, 0.1) is 0 Å². The van der Waals surface area contributed by atoms with Gasteiger partial charge in [0.2, 0.25) is 10.9 Å². The highest BCUT2D eigenvalue weighted by atomic mass is 32.2. The number of aryl methyl sites for hydroxylation is 1. The predicted octanol–water partition coefficient (Wildman–Crippen LogP) is 1.05. The van der Waals surface area contributed by atoms with Gasteiger partial charge < -0.3 is 9.67 Å². The van der Waals surface area contributed by atoms with Gasteiger partial charge in [0.25, 0.3) is 5.78 Å². The first-order chi connectivity index (χ1) is 10.2. The van der Waals surface area contributed by atoms with Gasteiger partial charge in [-0.2, -0.15) is 4.52 Å². The standard InChI is InChI=1S/C12H10N6O2S/c1-16-7-4-2-3-5-8(7)17-10-13-14-12(21-6-9(19)20)18(10)15-11(16)17/h2-5H,6H2,1H3,(H,19,20). The van der Waals surface area contributed by atoms with Crippen molar-refractivity contribution >= 4 is 40.3 Å². The maximum absolute atomic E-state index is 10.7. The van der Waals surface area contributed by atoms with Crippen LogP contribution < -0.4 is 0 Å². The normalized spacial score (nSPS) is 11.9. The second-order valence-electron chi connectivity index (χ2n) is 4.56. The zero-order chi connectivity index (χ0) is 14.6. The van der Waals surface area contributed by atoms with Gasteiger partial charge in [-0.25, -0.2) is 4.40 Å². The van der Waals surface area contributed by atoms with Crippen LogP contribution in [0.1, 0.15) is 0 Å². The molecular weight excluding hydrogens is 292 g/mol. The number of imidazole rings is 1. The lowest BCUT2D eigenvalue weighted by atomic mass is 10.3. The number of nitrogens with zero attached hydrogens (tertiary/aromatic N) is 6. The maximum atomic E-state index is 10.7. The first kappa shape index (κ1) is 12.2. The van der Waals surface area contributed by atoms with Gasteiger partial charge in [-0.15, -0.1) is 15.3 Å². The second kappa shape index (κ2) is 4.22. The van der Waals surface area contributed by atoms with Gasteiger partial charge in [-0.05, 0) is 12.1 Å². The van der Waals surface area contributed by atoms with Crippen molar-refractivity contribution in [1.29, 1.82) is 0 Å². The summed E-state index contributed by atoms with van der Waals surface area (Å²) in [5.41, 5.74) is 2.03. The van der Waals surface area contributed by atoms with Crippen LogP contribution in [0.3, 0.4) is 0 Å². The number of hydrogen-bond acceptors (Lipinski definition) is 5. The largest absolute Gasteiger partial charge is 0.481 e. The number of benzene rings is 1. The van der Waals surface area contributed by atoms with Gasteiger partial charge in [0.1, 0.15) is 0 Å². The summed E-state index contributed by atoms with van der Waals surface area (Å²) >= 11 is 1.10. The number of carboxylic acid groups (broad SMARTS) is 1. The van der Waals surface area contributed by atoms with Gasteiger partial charge in [0, 0.05) is 7.05 Å². The smallest absolute Gasteiger partial charge is 0.313 e.